The molecule has 2 heterocycles. The van der Waals surface area contributed by atoms with Crippen LogP contribution in [0.3, 0.4) is 0 Å². The molecule has 4 rings (SSSR count). The first-order chi connectivity index (χ1) is 15.0. The molecule has 0 radical (unpaired) electrons. The number of likely N-dealkylation sites (tertiary alicyclic amines) is 1. The Morgan fingerprint density at radius 1 is 1.10 bits per heavy atom. The van der Waals surface area contributed by atoms with E-state index in [0.29, 0.717) is 21.9 Å². The van der Waals surface area contributed by atoms with Gasteiger partial charge in [-0.25, -0.2) is 0 Å². The van der Waals surface area contributed by atoms with Crippen molar-refractivity contribution in [2.75, 3.05) is 7.11 Å². The molecular formula is C24H19ClN2O4. The zero-order valence-corrected chi connectivity index (χ0v) is 17.4. The van der Waals surface area contributed by atoms with Crippen molar-refractivity contribution in [1.29, 1.82) is 0 Å². The smallest absolute Gasteiger partial charge is 0.295 e. The van der Waals surface area contributed by atoms with Crippen LogP contribution in [0.15, 0.2) is 78.6 Å². The number of aliphatic hydroxyl groups excluding tert-OH is 1. The fraction of sp³-hybridized carbons (Fsp3) is 0.125. The second-order valence-corrected chi connectivity index (χ2v) is 7.47. The van der Waals surface area contributed by atoms with Gasteiger partial charge in [0.15, 0.2) is 0 Å². The van der Waals surface area contributed by atoms with Gasteiger partial charge in [-0.1, -0.05) is 35.9 Å². The summed E-state index contributed by atoms with van der Waals surface area (Å²) >= 11 is 5.96. The largest absolute Gasteiger partial charge is 0.507 e. The maximum Gasteiger partial charge on any atom is 0.295 e. The van der Waals surface area contributed by atoms with Gasteiger partial charge in [0.05, 0.1) is 18.7 Å². The minimum atomic E-state index is -0.827. The first-order valence-electron chi connectivity index (χ1n) is 9.57. The molecule has 1 amide bonds. The molecule has 0 spiro atoms. The summed E-state index contributed by atoms with van der Waals surface area (Å²) in [7, 11) is 1.52. The predicted octanol–water partition coefficient (Wildman–Crippen LogP) is 4.37. The highest BCUT2D eigenvalue weighted by molar-refractivity contribution is 6.46. The van der Waals surface area contributed by atoms with Gasteiger partial charge < -0.3 is 14.7 Å². The third-order valence-electron chi connectivity index (χ3n) is 5.17. The Morgan fingerprint density at radius 2 is 1.84 bits per heavy atom. The van der Waals surface area contributed by atoms with Gasteiger partial charge in [-0.05, 0) is 42.0 Å². The average Bonchev–Trinajstić information content (AvgIpc) is 3.04. The van der Waals surface area contributed by atoms with Crippen molar-refractivity contribution in [3.8, 4) is 5.75 Å². The van der Waals surface area contributed by atoms with Crippen LogP contribution in [0.5, 0.6) is 5.75 Å². The summed E-state index contributed by atoms with van der Waals surface area (Å²) < 4.78 is 5.49. The number of carbonyl (C=O) groups is 2. The lowest BCUT2D eigenvalue weighted by molar-refractivity contribution is -0.140. The molecule has 0 saturated carbocycles. The molecule has 156 valence electrons. The van der Waals surface area contributed by atoms with Crippen LogP contribution < -0.4 is 4.74 Å². The average molecular weight is 435 g/mol. The number of aromatic nitrogens is 1. The van der Waals surface area contributed by atoms with Crippen molar-refractivity contribution >= 4 is 29.1 Å². The second kappa shape index (κ2) is 8.62. The van der Waals surface area contributed by atoms with Crippen LogP contribution in [0.25, 0.3) is 5.76 Å². The maximum atomic E-state index is 13.1. The van der Waals surface area contributed by atoms with Gasteiger partial charge in [0, 0.05) is 35.1 Å². The summed E-state index contributed by atoms with van der Waals surface area (Å²) in [5.74, 6) is -1.21. The van der Waals surface area contributed by atoms with Crippen LogP contribution in [0.1, 0.15) is 22.7 Å². The number of Topliss-reactive ketones (excluding diaryl/α,β-unsaturated/α-hetero) is 1. The standard InChI is InChI=1S/C24H19ClN2O4/c1-31-19-7-3-2-6-18(19)21-20(22(28)16-8-10-17(25)11-9-16)23(29)24(30)27(21)14-15-5-4-12-26-13-15/h2-13,21,28H,14H2,1H3/b22-20-. The van der Waals surface area contributed by atoms with Crippen molar-refractivity contribution in [2.45, 2.75) is 12.6 Å². The Balaban J connectivity index is 1.90. The Kier molecular flexibility index (Phi) is 5.73. The minimum Gasteiger partial charge on any atom is -0.507 e. The molecule has 1 N–H and O–H groups in total. The van der Waals surface area contributed by atoms with Gasteiger partial charge in [-0.3, -0.25) is 14.6 Å². The number of rotatable bonds is 5. The molecule has 2 aromatic carbocycles. The molecular weight excluding hydrogens is 416 g/mol. The maximum absolute atomic E-state index is 13.1. The molecule has 7 heteroatoms. The van der Waals surface area contributed by atoms with E-state index in [0.717, 1.165) is 5.56 Å². The molecule has 1 aliphatic rings. The molecule has 1 aliphatic heterocycles. The Labute approximate surface area is 184 Å². The van der Waals surface area contributed by atoms with Crippen molar-refractivity contribution < 1.29 is 19.4 Å². The number of hydrogen-bond donors (Lipinski definition) is 1. The minimum absolute atomic E-state index is 0.000660. The van der Waals surface area contributed by atoms with Crippen LogP contribution in [0, 0.1) is 0 Å². The number of ketones is 1. The third kappa shape index (κ3) is 3.90. The van der Waals surface area contributed by atoms with E-state index in [9.17, 15) is 14.7 Å². The molecule has 1 atom stereocenters. The molecule has 1 fully saturated rings. The molecule has 31 heavy (non-hydrogen) atoms. The van der Waals surface area contributed by atoms with Crippen LogP contribution in [0.4, 0.5) is 0 Å². The highest BCUT2D eigenvalue weighted by atomic mass is 35.5. The number of pyridine rings is 1. The lowest BCUT2D eigenvalue weighted by Crippen LogP contribution is -2.29. The van der Waals surface area contributed by atoms with E-state index in [1.165, 1.54) is 12.0 Å². The van der Waals surface area contributed by atoms with E-state index in [-0.39, 0.29) is 17.9 Å². The fourth-order valence-corrected chi connectivity index (χ4v) is 3.84. The summed E-state index contributed by atoms with van der Waals surface area (Å²) in [6.07, 6.45) is 3.27. The zero-order valence-electron chi connectivity index (χ0n) is 16.7. The number of aliphatic hydroxyl groups is 1. The van der Waals surface area contributed by atoms with E-state index in [4.69, 9.17) is 16.3 Å². The van der Waals surface area contributed by atoms with Gasteiger partial charge in [-0.15, -0.1) is 0 Å². The molecule has 0 bridgehead atoms. The van der Waals surface area contributed by atoms with Gasteiger partial charge in [0.1, 0.15) is 11.5 Å². The number of carbonyl (C=O) groups excluding carboxylic acids is 2. The van der Waals surface area contributed by atoms with Gasteiger partial charge in [0.2, 0.25) is 0 Å². The Bertz CT molecular complexity index is 1160. The van der Waals surface area contributed by atoms with Crippen molar-refractivity contribution in [2.24, 2.45) is 0 Å². The summed E-state index contributed by atoms with van der Waals surface area (Å²) in [6, 6.07) is 16.3. The van der Waals surface area contributed by atoms with E-state index in [1.807, 2.05) is 6.07 Å². The summed E-state index contributed by atoms with van der Waals surface area (Å²) in [5.41, 5.74) is 1.75. The fourth-order valence-electron chi connectivity index (χ4n) is 3.71. The van der Waals surface area contributed by atoms with Gasteiger partial charge >= 0.3 is 0 Å². The summed E-state index contributed by atoms with van der Waals surface area (Å²) in [5, 5.41) is 11.6. The number of hydrogen-bond acceptors (Lipinski definition) is 5. The zero-order chi connectivity index (χ0) is 22.0. The van der Waals surface area contributed by atoms with Crippen molar-refractivity contribution in [3.05, 3.63) is 100 Å². The monoisotopic (exact) mass is 434 g/mol. The molecule has 1 unspecified atom stereocenters. The van der Waals surface area contributed by atoms with Crippen LogP contribution in [-0.2, 0) is 16.1 Å². The summed E-state index contributed by atoms with van der Waals surface area (Å²) in [6.45, 7) is 0.151. The van der Waals surface area contributed by atoms with Crippen LogP contribution in [-0.4, -0.2) is 33.8 Å². The van der Waals surface area contributed by atoms with Crippen molar-refractivity contribution in [3.63, 3.8) is 0 Å². The summed E-state index contributed by atoms with van der Waals surface area (Å²) in [4.78, 5) is 31.6. The number of halogens is 1. The normalized spacial score (nSPS) is 17.7. The SMILES string of the molecule is COc1ccccc1C1/C(=C(/O)c2ccc(Cl)cc2)C(=O)C(=O)N1Cc1cccnc1. The number of ether oxygens (including phenoxy) is 1. The molecule has 1 aromatic heterocycles. The first-order valence-corrected chi connectivity index (χ1v) is 9.95. The highest BCUT2D eigenvalue weighted by Crippen LogP contribution is 2.43. The molecule has 3 aromatic rings. The molecule has 1 saturated heterocycles. The van der Waals surface area contributed by atoms with E-state index < -0.39 is 17.7 Å². The number of methoxy groups -OCH3 is 1. The number of benzene rings is 2. The first kappa shape index (κ1) is 20.6. The van der Waals surface area contributed by atoms with Crippen molar-refractivity contribution in [1.82, 2.24) is 9.88 Å². The second-order valence-electron chi connectivity index (χ2n) is 7.04. The van der Waals surface area contributed by atoms with E-state index in [2.05, 4.69) is 4.98 Å². The number of para-hydroxylation sites is 1. The number of nitrogens with zero attached hydrogens (tertiary/aromatic N) is 2. The van der Waals surface area contributed by atoms with E-state index in [1.54, 1.807) is 67.0 Å². The lowest BCUT2D eigenvalue weighted by atomic mass is 9.94. The van der Waals surface area contributed by atoms with Gasteiger partial charge in [0.25, 0.3) is 11.7 Å². The van der Waals surface area contributed by atoms with Gasteiger partial charge in [-0.2, -0.15) is 0 Å². The van der Waals surface area contributed by atoms with Crippen LogP contribution in [0.2, 0.25) is 5.02 Å². The topological polar surface area (TPSA) is 79.7 Å². The highest BCUT2D eigenvalue weighted by Gasteiger charge is 2.47. The molecule has 0 aliphatic carbocycles. The quantitative estimate of drug-likeness (QED) is 0.366. The number of amides is 1. The lowest BCUT2D eigenvalue weighted by Gasteiger charge is -2.26. The Hall–Kier alpha value is -3.64. The van der Waals surface area contributed by atoms with E-state index >= 15 is 0 Å². The third-order valence-corrected chi connectivity index (χ3v) is 5.42. The van der Waals surface area contributed by atoms with Crippen LogP contribution >= 0.6 is 11.6 Å². The predicted molar refractivity (Wildman–Crippen MR) is 117 cm³/mol. The molecule has 6 nitrogen and oxygen atoms in total. The Morgan fingerprint density at radius 3 is 2.52 bits per heavy atom.